The molecule has 6 nitrogen and oxygen atoms in total. The Hall–Kier alpha value is -1.64. The van der Waals surface area contributed by atoms with Crippen LogP contribution >= 0.6 is 22.6 Å². The molecule has 0 aromatic heterocycles. The Balaban J connectivity index is 2.22. The van der Waals surface area contributed by atoms with E-state index in [1.807, 2.05) is 28.7 Å². The summed E-state index contributed by atoms with van der Waals surface area (Å²) >= 11 is 2.03. The molecule has 0 unspecified atom stereocenters. The highest BCUT2D eigenvalue weighted by Crippen LogP contribution is 2.12. The first kappa shape index (κ1) is 18.4. The van der Waals surface area contributed by atoms with Gasteiger partial charge in [0.25, 0.3) is 5.91 Å². The van der Waals surface area contributed by atoms with Gasteiger partial charge in [-0.2, -0.15) is 0 Å². The van der Waals surface area contributed by atoms with E-state index in [0.29, 0.717) is 25.1 Å². The minimum absolute atomic E-state index is 0.246. The normalized spacial score (nSPS) is 9.91. The smallest absolute Gasteiger partial charge is 0.339 e. The molecular formula is C15H18INO5. The van der Waals surface area contributed by atoms with Gasteiger partial charge in [-0.05, 0) is 48.1 Å². The predicted molar refractivity (Wildman–Crippen MR) is 88.3 cm³/mol. The van der Waals surface area contributed by atoms with E-state index < -0.39 is 11.9 Å². The summed E-state index contributed by atoms with van der Waals surface area (Å²) in [5.41, 5.74) is 0.429. The Morgan fingerprint density at radius 2 is 1.91 bits per heavy atom. The van der Waals surface area contributed by atoms with Gasteiger partial charge in [0.2, 0.25) is 0 Å². The maximum Gasteiger partial charge on any atom is 0.339 e. The van der Waals surface area contributed by atoms with Gasteiger partial charge >= 0.3 is 11.9 Å². The first-order valence-electron chi connectivity index (χ1n) is 6.88. The molecule has 0 fully saturated rings. The van der Waals surface area contributed by atoms with Crippen molar-refractivity contribution in [3.05, 3.63) is 33.4 Å². The lowest BCUT2D eigenvalue weighted by atomic mass is 10.2. The summed E-state index contributed by atoms with van der Waals surface area (Å²) in [7, 11) is 0. The zero-order chi connectivity index (χ0) is 16.4. The number of hydrogen-bond acceptors (Lipinski definition) is 5. The van der Waals surface area contributed by atoms with Gasteiger partial charge < -0.3 is 14.8 Å². The summed E-state index contributed by atoms with van der Waals surface area (Å²) in [5, 5.41) is 2.58. The zero-order valence-electron chi connectivity index (χ0n) is 12.3. The molecule has 1 aromatic rings. The molecule has 1 aromatic carbocycles. The Morgan fingerprint density at radius 1 is 1.18 bits per heavy atom. The third-order valence-electron chi connectivity index (χ3n) is 2.61. The van der Waals surface area contributed by atoms with Crippen molar-refractivity contribution in [1.82, 2.24) is 5.32 Å². The summed E-state index contributed by atoms with van der Waals surface area (Å²) in [6, 6.07) is 6.97. The molecule has 0 aliphatic rings. The van der Waals surface area contributed by atoms with Gasteiger partial charge in [0.05, 0.1) is 12.2 Å². The quantitative estimate of drug-likeness (QED) is 0.396. The number of halogens is 1. The van der Waals surface area contributed by atoms with Gasteiger partial charge in [-0.1, -0.05) is 12.1 Å². The fourth-order valence-corrected chi connectivity index (χ4v) is 2.19. The number of ether oxygens (including phenoxy) is 2. The van der Waals surface area contributed by atoms with Crippen LogP contribution in [-0.4, -0.2) is 37.6 Å². The topological polar surface area (TPSA) is 81.7 Å². The Morgan fingerprint density at radius 3 is 2.59 bits per heavy atom. The van der Waals surface area contributed by atoms with Crippen LogP contribution in [0.1, 0.15) is 30.1 Å². The van der Waals surface area contributed by atoms with Crippen molar-refractivity contribution in [3.63, 3.8) is 0 Å². The number of carbonyl (C=O) groups is 3. The average Bonchev–Trinajstić information content (AvgIpc) is 2.50. The molecule has 0 aliphatic carbocycles. The van der Waals surface area contributed by atoms with Crippen LogP contribution in [0.5, 0.6) is 0 Å². The van der Waals surface area contributed by atoms with Crippen molar-refractivity contribution in [3.8, 4) is 0 Å². The van der Waals surface area contributed by atoms with Crippen molar-refractivity contribution in [2.24, 2.45) is 0 Å². The van der Waals surface area contributed by atoms with Gasteiger partial charge in [-0.25, -0.2) is 4.79 Å². The average molecular weight is 419 g/mol. The fourth-order valence-electron chi connectivity index (χ4n) is 1.58. The van der Waals surface area contributed by atoms with Crippen molar-refractivity contribution < 1.29 is 23.9 Å². The highest BCUT2D eigenvalue weighted by atomic mass is 127. The molecule has 120 valence electrons. The van der Waals surface area contributed by atoms with E-state index in [1.54, 1.807) is 25.1 Å². The van der Waals surface area contributed by atoms with Gasteiger partial charge in [-0.15, -0.1) is 0 Å². The molecule has 0 heterocycles. The molecule has 0 spiro atoms. The molecule has 0 radical (unpaired) electrons. The second-order valence-corrected chi connectivity index (χ2v) is 5.48. The molecule has 7 heteroatoms. The van der Waals surface area contributed by atoms with Crippen LogP contribution in [0, 0.1) is 3.57 Å². The van der Waals surface area contributed by atoms with E-state index in [2.05, 4.69) is 5.32 Å². The molecule has 1 rings (SSSR count). The van der Waals surface area contributed by atoms with Crippen LogP contribution in [0.15, 0.2) is 24.3 Å². The van der Waals surface area contributed by atoms with Crippen molar-refractivity contribution >= 4 is 40.4 Å². The molecular weight excluding hydrogens is 401 g/mol. The number of carbonyl (C=O) groups excluding carboxylic acids is 3. The molecule has 0 bridgehead atoms. The summed E-state index contributed by atoms with van der Waals surface area (Å²) in [5.74, 6) is -1.23. The van der Waals surface area contributed by atoms with Crippen LogP contribution in [-0.2, 0) is 19.1 Å². The van der Waals surface area contributed by atoms with E-state index in [0.717, 1.165) is 3.57 Å². The molecule has 0 aliphatic heterocycles. The summed E-state index contributed by atoms with van der Waals surface area (Å²) in [6.45, 7) is 2.07. The molecule has 22 heavy (non-hydrogen) atoms. The van der Waals surface area contributed by atoms with Crippen LogP contribution in [0.25, 0.3) is 0 Å². The molecule has 0 atom stereocenters. The second-order valence-electron chi connectivity index (χ2n) is 4.31. The van der Waals surface area contributed by atoms with Crippen molar-refractivity contribution in [2.75, 3.05) is 19.8 Å². The third kappa shape index (κ3) is 6.88. The monoisotopic (exact) mass is 419 g/mol. The SMILES string of the molecule is CCOC(=O)CCCNC(=O)COC(=O)c1ccccc1I. The third-order valence-corrected chi connectivity index (χ3v) is 3.55. The maximum atomic E-state index is 11.8. The molecule has 1 amide bonds. The standard InChI is InChI=1S/C15H18INO5/c1-2-21-14(19)8-5-9-17-13(18)10-22-15(20)11-6-3-4-7-12(11)16/h3-4,6-7H,2,5,8-10H2,1H3,(H,17,18). The minimum atomic E-state index is -0.535. The van der Waals surface area contributed by atoms with E-state index in [-0.39, 0.29) is 19.0 Å². The van der Waals surface area contributed by atoms with Gasteiger partial charge in [0.1, 0.15) is 0 Å². The molecule has 0 saturated carbocycles. The molecule has 1 N–H and O–H groups in total. The van der Waals surface area contributed by atoms with Crippen LogP contribution in [0.3, 0.4) is 0 Å². The first-order chi connectivity index (χ1) is 10.5. The van der Waals surface area contributed by atoms with Crippen molar-refractivity contribution in [1.29, 1.82) is 0 Å². The lowest BCUT2D eigenvalue weighted by Gasteiger charge is -2.07. The lowest BCUT2D eigenvalue weighted by Crippen LogP contribution is -2.30. The molecule has 0 saturated heterocycles. The van der Waals surface area contributed by atoms with Crippen LogP contribution in [0.4, 0.5) is 0 Å². The largest absolute Gasteiger partial charge is 0.466 e. The fraction of sp³-hybridized carbons (Fsp3) is 0.400. The Kier molecular flexibility index (Phi) is 8.49. The maximum absolute atomic E-state index is 11.8. The Bertz CT molecular complexity index is 532. The van der Waals surface area contributed by atoms with E-state index in [4.69, 9.17) is 9.47 Å². The summed E-state index contributed by atoms with van der Waals surface area (Å²) in [6.07, 6.45) is 0.727. The van der Waals surface area contributed by atoms with Crippen molar-refractivity contribution in [2.45, 2.75) is 19.8 Å². The van der Waals surface area contributed by atoms with Gasteiger partial charge in [0.15, 0.2) is 6.61 Å². The van der Waals surface area contributed by atoms with E-state index in [9.17, 15) is 14.4 Å². The highest BCUT2D eigenvalue weighted by molar-refractivity contribution is 14.1. The predicted octanol–water partition coefficient (Wildman–Crippen LogP) is 1.91. The summed E-state index contributed by atoms with van der Waals surface area (Å²) in [4.78, 5) is 34.4. The number of esters is 2. The van der Waals surface area contributed by atoms with Crippen LogP contribution < -0.4 is 5.32 Å². The second kappa shape index (κ2) is 10.1. The lowest BCUT2D eigenvalue weighted by molar-refractivity contribution is -0.143. The summed E-state index contributed by atoms with van der Waals surface area (Å²) < 4.78 is 10.5. The van der Waals surface area contributed by atoms with Gasteiger partial charge in [0, 0.05) is 16.5 Å². The number of benzene rings is 1. The van der Waals surface area contributed by atoms with Crippen LogP contribution in [0.2, 0.25) is 0 Å². The zero-order valence-corrected chi connectivity index (χ0v) is 14.4. The van der Waals surface area contributed by atoms with Gasteiger partial charge in [-0.3, -0.25) is 9.59 Å². The first-order valence-corrected chi connectivity index (χ1v) is 7.96. The minimum Gasteiger partial charge on any atom is -0.466 e. The number of hydrogen-bond donors (Lipinski definition) is 1. The van der Waals surface area contributed by atoms with E-state index >= 15 is 0 Å². The number of rotatable bonds is 8. The van der Waals surface area contributed by atoms with E-state index in [1.165, 1.54) is 0 Å². The highest BCUT2D eigenvalue weighted by Gasteiger charge is 2.12. The Labute approximate surface area is 142 Å². The number of nitrogens with one attached hydrogen (secondary N) is 1. The number of amides is 1.